The fourth-order valence-electron chi connectivity index (χ4n) is 3.07. The van der Waals surface area contributed by atoms with Gasteiger partial charge < -0.3 is 0 Å². The SMILES string of the molecule is O=S(=O)(c1cccc(F)c1)N1CCN(Cn2nnc(-c3ccccc3)n2)CC1. The van der Waals surface area contributed by atoms with Crippen LogP contribution in [-0.4, -0.2) is 64.0 Å². The Morgan fingerprint density at radius 2 is 1.71 bits per heavy atom. The fraction of sp³-hybridized carbons (Fsp3) is 0.278. The second kappa shape index (κ2) is 7.74. The Kier molecular flexibility index (Phi) is 5.16. The maximum Gasteiger partial charge on any atom is 0.243 e. The molecule has 1 aromatic heterocycles. The highest BCUT2D eigenvalue weighted by Crippen LogP contribution is 2.19. The van der Waals surface area contributed by atoms with Crippen LogP contribution in [0.4, 0.5) is 4.39 Å². The largest absolute Gasteiger partial charge is 0.280 e. The summed E-state index contributed by atoms with van der Waals surface area (Å²) in [6.07, 6.45) is 0. The molecule has 28 heavy (non-hydrogen) atoms. The van der Waals surface area contributed by atoms with Gasteiger partial charge >= 0.3 is 0 Å². The molecule has 10 heteroatoms. The number of sulfonamides is 1. The van der Waals surface area contributed by atoms with E-state index >= 15 is 0 Å². The van der Waals surface area contributed by atoms with Crippen molar-refractivity contribution in [2.24, 2.45) is 0 Å². The van der Waals surface area contributed by atoms with Gasteiger partial charge in [0.2, 0.25) is 15.8 Å². The Morgan fingerprint density at radius 3 is 2.43 bits per heavy atom. The third-order valence-corrected chi connectivity index (χ3v) is 6.47. The lowest BCUT2D eigenvalue weighted by atomic mass is 10.2. The summed E-state index contributed by atoms with van der Waals surface area (Å²) in [5.41, 5.74) is 0.889. The van der Waals surface area contributed by atoms with Crippen LogP contribution < -0.4 is 0 Å². The molecule has 1 saturated heterocycles. The molecule has 4 rings (SSSR count). The Balaban J connectivity index is 1.38. The molecule has 0 atom stereocenters. The topological polar surface area (TPSA) is 84.2 Å². The maximum atomic E-state index is 13.4. The lowest BCUT2D eigenvalue weighted by Crippen LogP contribution is -2.49. The Bertz CT molecular complexity index is 1050. The smallest absolute Gasteiger partial charge is 0.243 e. The van der Waals surface area contributed by atoms with E-state index in [2.05, 4.69) is 15.4 Å². The van der Waals surface area contributed by atoms with Gasteiger partial charge in [-0.1, -0.05) is 36.4 Å². The molecule has 0 saturated carbocycles. The first kappa shape index (κ1) is 18.7. The van der Waals surface area contributed by atoms with Gasteiger partial charge in [-0.15, -0.1) is 15.0 Å². The van der Waals surface area contributed by atoms with Crippen molar-refractivity contribution < 1.29 is 12.8 Å². The number of tetrazole rings is 1. The molecule has 0 aliphatic carbocycles. The monoisotopic (exact) mass is 402 g/mol. The summed E-state index contributed by atoms with van der Waals surface area (Å²) in [4.78, 5) is 3.53. The van der Waals surface area contributed by atoms with Crippen molar-refractivity contribution in [3.8, 4) is 11.4 Å². The molecule has 0 N–H and O–H groups in total. The highest BCUT2D eigenvalue weighted by atomic mass is 32.2. The van der Waals surface area contributed by atoms with Crippen molar-refractivity contribution in [2.45, 2.75) is 11.6 Å². The average molecular weight is 402 g/mol. The summed E-state index contributed by atoms with van der Waals surface area (Å²) in [5.74, 6) is -0.0147. The van der Waals surface area contributed by atoms with Crippen molar-refractivity contribution in [1.29, 1.82) is 0 Å². The van der Waals surface area contributed by atoms with Crippen molar-refractivity contribution in [3.05, 3.63) is 60.4 Å². The molecule has 1 fully saturated rings. The zero-order valence-electron chi connectivity index (χ0n) is 15.0. The normalized spacial score (nSPS) is 16.3. The van der Waals surface area contributed by atoms with Gasteiger partial charge in [-0.25, -0.2) is 12.8 Å². The summed E-state index contributed by atoms with van der Waals surface area (Å²) < 4.78 is 40.1. The summed E-state index contributed by atoms with van der Waals surface area (Å²) in [6.45, 7) is 2.11. The van der Waals surface area contributed by atoms with Gasteiger partial charge in [-0.05, 0) is 23.4 Å². The first-order chi connectivity index (χ1) is 13.5. The molecule has 8 nitrogen and oxygen atoms in total. The summed E-state index contributed by atoms with van der Waals surface area (Å²) in [5, 5.41) is 12.5. The van der Waals surface area contributed by atoms with Crippen LogP contribution in [0, 0.1) is 5.82 Å². The molecule has 0 radical (unpaired) electrons. The van der Waals surface area contributed by atoms with E-state index in [-0.39, 0.29) is 4.90 Å². The average Bonchev–Trinajstić information content (AvgIpc) is 3.18. The lowest BCUT2D eigenvalue weighted by Gasteiger charge is -2.33. The van der Waals surface area contributed by atoms with E-state index < -0.39 is 15.8 Å². The highest BCUT2D eigenvalue weighted by Gasteiger charge is 2.29. The third kappa shape index (κ3) is 3.93. The lowest BCUT2D eigenvalue weighted by molar-refractivity contribution is 0.136. The fourth-order valence-corrected chi connectivity index (χ4v) is 4.53. The number of nitrogens with zero attached hydrogens (tertiary/aromatic N) is 6. The molecule has 2 heterocycles. The third-order valence-electron chi connectivity index (χ3n) is 4.58. The van der Waals surface area contributed by atoms with Gasteiger partial charge in [-0.2, -0.15) is 4.31 Å². The minimum atomic E-state index is -3.70. The molecule has 0 spiro atoms. The van der Waals surface area contributed by atoms with E-state index in [0.717, 1.165) is 11.6 Å². The van der Waals surface area contributed by atoms with Crippen molar-refractivity contribution in [1.82, 2.24) is 29.4 Å². The molecule has 0 amide bonds. The zero-order chi connectivity index (χ0) is 19.6. The van der Waals surface area contributed by atoms with Crippen molar-refractivity contribution in [2.75, 3.05) is 26.2 Å². The van der Waals surface area contributed by atoms with Gasteiger partial charge in [-0.3, -0.25) is 4.90 Å². The van der Waals surface area contributed by atoms with Gasteiger partial charge in [0.05, 0.1) is 4.90 Å². The van der Waals surface area contributed by atoms with Crippen molar-refractivity contribution in [3.63, 3.8) is 0 Å². The number of hydrogen-bond acceptors (Lipinski definition) is 6. The van der Waals surface area contributed by atoms with Crippen molar-refractivity contribution >= 4 is 10.0 Å². The van der Waals surface area contributed by atoms with Gasteiger partial charge in [0.1, 0.15) is 12.5 Å². The number of benzene rings is 2. The maximum absolute atomic E-state index is 13.4. The minimum Gasteiger partial charge on any atom is -0.280 e. The summed E-state index contributed by atoms with van der Waals surface area (Å²) in [6, 6.07) is 14.7. The van der Waals surface area contributed by atoms with E-state index in [4.69, 9.17) is 0 Å². The molecule has 0 unspecified atom stereocenters. The van der Waals surface area contributed by atoms with Crippen LogP contribution in [0.1, 0.15) is 0 Å². The highest BCUT2D eigenvalue weighted by molar-refractivity contribution is 7.89. The Hall–Kier alpha value is -2.69. The molecule has 1 aliphatic heterocycles. The van der Waals surface area contributed by atoms with Gasteiger partial charge in [0.25, 0.3) is 0 Å². The molecular formula is C18H19FN6O2S. The molecule has 146 valence electrons. The minimum absolute atomic E-state index is 0.0219. The van der Waals surface area contributed by atoms with Gasteiger partial charge in [0.15, 0.2) is 0 Å². The molecule has 2 aromatic carbocycles. The van der Waals surface area contributed by atoms with Crippen LogP contribution in [-0.2, 0) is 16.7 Å². The van der Waals surface area contributed by atoms with E-state index in [9.17, 15) is 12.8 Å². The summed E-state index contributed by atoms with van der Waals surface area (Å²) in [7, 11) is -3.70. The van der Waals surface area contributed by atoms with Crippen LogP contribution in [0.3, 0.4) is 0 Å². The quantitative estimate of drug-likeness (QED) is 0.642. The van der Waals surface area contributed by atoms with E-state index in [1.54, 1.807) is 0 Å². The van der Waals surface area contributed by atoms with E-state index in [1.807, 2.05) is 35.2 Å². The summed E-state index contributed by atoms with van der Waals surface area (Å²) >= 11 is 0. The Morgan fingerprint density at radius 1 is 0.964 bits per heavy atom. The van der Waals surface area contributed by atoms with Crippen LogP contribution in [0.5, 0.6) is 0 Å². The number of hydrogen-bond donors (Lipinski definition) is 0. The van der Waals surface area contributed by atoms with Crippen LogP contribution in [0.25, 0.3) is 11.4 Å². The molecule has 0 bridgehead atoms. The number of piperazine rings is 1. The van der Waals surface area contributed by atoms with E-state index in [1.165, 1.54) is 27.3 Å². The molecule has 3 aromatic rings. The second-order valence-electron chi connectivity index (χ2n) is 6.47. The van der Waals surface area contributed by atoms with Gasteiger partial charge in [0, 0.05) is 31.7 Å². The Labute approximate surface area is 162 Å². The first-order valence-electron chi connectivity index (χ1n) is 8.84. The number of rotatable bonds is 5. The predicted molar refractivity (Wildman–Crippen MR) is 100.0 cm³/mol. The zero-order valence-corrected chi connectivity index (χ0v) is 15.8. The number of halogens is 1. The first-order valence-corrected chi connectivity index (χ1v) is 10.3. The molecular weight excluding hydrogens is 383 g/mol. The van der Waals surface area contributed by atoms with Crippen LogP contribution >= 0.6 is 0 Å². The van der Waals surface area contributed by atoms with Crippen LogP contribution in [0.2, 0.25) is 0 Å². The van der Waals surface area contributed by atoms with E-state index in [0.29, 0.717) is 38.7 Å². The second-order valence-corrected chi connectivity index (χ2v) is 8.41. The predicted octanol–water partition coefficient (Wildman–Crippen LogP) is 1.44. The molecule has 1 aliphatic rings. The standard InChI is InChI=1S/C18H19FN6O2S/c19-16-7-4-8-17(13-16)28(26,27)24-11-9-23(10-12-24)14-25-21-18(20-22-25)15-5-2-1-3-6-15/h1-8,13H,9-12,14H2. The van der Waals surface area contributed by atoms with Crippen LogP contribution in [0.15, 0.2) is 59.5 Å². The number of aromatic nitrogens is 4.